The standard InChI is InChI=1S/C14H16ClFN2O3/c15-11-2-1-10(9-12(11)16)14(21)18-7-5-17(6-8-18)4-3-13(19)20/h1-2,9H,3-8H2,(H,19,20). The minimum atomic E-state index is -0.829. The van der Waals surface area contributed by atoms with Crippen molar-refractivity contribution in [2.45, 2.75) is 6.42 Å². The van der Waals surface area contributed by atoms with E-state index in [2.05, 4.69) is 0 Å². The topological polar surface area (TPSA) is 60.9 Å². The molecule has 114 valence electrons. The summed E-state index contributed by atoms with van der Waals surface area (Å²) >= 11 is 5.60. The van der Waals surface area contributed by atoms with Gasteiger partial charge in [0.15, 0.2) is 0 Å². The van der Waals surface area contributed by atoms with Crippen LogP contribution < -0.4 is 0 Å². The molecule has 21 heavy (non-hydrogen) atoms. The highest BCUT2D eigenvalue weighted by atomic mass is 35.5. The monoisotopic (exact) mass is 314 g/mol. The summed E-state index contributed by atoms with van der Waals surface area (Å²) in [6.45, 7) is 2.72. The maximum absolute atomic E-state index is 13.4. The maximum Gasteiger partial charge on any atom is 0.304 e. The Morgan fingerprint density at radius 3 is 2.48 bits per heavy atom. The van der Waals surface area contributed by atoms with Crippen LogP contribution in [0.3, 0.4) is 0 Å². The van der Waals surface area contributed by atoms with Gasteiger partial charge in [-0.15, -0.1) is 0 Å². The number of carbonyl (C=O) groups excluding carboxylic acids is 1. The van der Waals surface area contributed by atoms with Crippen LogP contribution in [0.5, 0.6) is 0 Å². The minimum Gasteiger partial charge on any atom is -0.481 e. The maximum atomic E-state index is 13.4. The number of halogens is 2. The predicted octanol–water partition coefficient (Wildman–Crippen LogP) is 1.71. The summed E-state index contributed by atoms with van der Waals surface area (Å²) in [6, 6.07) is 4.01. The molecule has 1 saturated heterocycles. The molecular formula is C14H16ClFN2O3. The van der Waals surface area contributed by atoms with Crippen molar-refractivity contribution < 1.29 is 19.1 Å². The molecule has 1 aromatic carbocycles. The number of amides is 1. The van der Waals surface area contributed by atoms with Gasteiger partial charge in [0.25, 0.3) is 5.91 Å². The highest BCUT2D eigenvalue weighted by Gasteiger charge is 2.22. The van der Waals surface area contributed by atoms with Crippen molar-refractivity contribution in [3.05, 3.63) is 34.6 Å². The van der Waals surface area contributed by atoms with Crippen LogP contribution in [0.4, 0.5) is 4.39 Å². The molecule has 0 unspecified atom stereocenters. The third-order valence-electron chi connectivity index (χ3n) is 3.47. The van der Waals surface area contributed by atoms with E-state index in [1.165, 1.54) is 12.1 Å². The Bertz CT molecular complexity index is 545. The van der Waals surface area contributed by atoms with Gasteiger partial charge in [-0.2, -0.15) is 0 Å². The van der Waals surface area contributed by atoms with Crippen molar-refractivity contribution in [2.24, 2.45) is 0 Å². The van der Waals surface area contributed by atoms with Crippen molar-refractivity contribution in [1.29, 1.82) is 0 Å². The Labute approximate surface area is 126 Å². The Balaban J connectivity index is 1.90. The van der Waals surface area contributed by atoms with Gasteiger partial charge in [-0.25, -0.2) is 4.39 Å². The SMILES string of the molecule is O=C(O)CCN1CCN(C(=O)c2ccc(Cl)c(F)c2)CC1. The number of piperazine rings is 1. The van der Waals surface area contributed by atoms with Crippen LogP contribution in [0.2, 0.25) is 5.02 Å². The van der Waals surface area contributed by atoms with Crippen LogP contribution in [0.1, 0.15) is 16.8 Å². The molecular weight excluding hydrogens is 299 g/mol. The highest BCUT2D eigenvalue weighted by molar-refractivity contribution is 6.30. The smallest absolute Gasteiger partial charge is 0.304 e. The quantitative estimate of drug-likeness (QED) is 0.919. The zero-order valence-corrected chi connectivity index (χ0v) is 12.1. The lowest BCUT2D eigenvalue weighted by Gasteiger charge is -2.34. The van der Waals surface area contributed by atoms with Crippen LogP contribution in [0, 0.1) is 5.82 Å². The Kier molecular flexibility index (Phi) is 5.14. The molecule has 7 heteroatoms. The van der Waals surface area contributed by atoms with E-state index in [-0.39, 0.29) is 22.9 Å². The fourth-order valence-electron chi connectivity index (χ4n) is 2.24. The first-order valence-electron chi connectivity index (χ1n) is 6.66. The summed E-state index contributed by atoms with van der Waals surface area (Å²) in [5, 5.41) is 8.63. The lowest BCUT2D eigenvalue weighted by Crippen LogP contribution is -2.49. The molecule has 1 aromatic rings. The molecule has 1 N–H and O–H groups in total. The lowest BCUT2D eigenvalue weighted by atomic mass is 10.1. The van der Waals surface area contributed by atoms with Gasteiger partial charge in [0.2, 0.25) is 0 Å². The van der Waals surface area contributed by atoms with Gasteiger partial charge in [-0.3, -0.25) is 14.5 Å². The summed E-state index contributed by atoms with van der Waals surface area (Å²) < 4.78 is 13.4. The first-order valence-corrected chi connectivity index (χ1v) is 7.03. The molecule has 1 aliphatic rings. The van der Waals surface area contributed by atoms with E-state index in [1.807, 2.05) is 4.90 Å². The third kappa shape index (κ3) is 4.15. The molecule has 1 amide bonds. The average Bonchev–Trinajstić information content (AvgIpc) is 2.48. The van der Waals surface area contributed by atoms with E-state index < -0.39 is 11.8 Å². The lowest BCUT2D eigenvalue weighted by molar-refractivity contribution is -0.137. The van der Waals surface area contributed by atoms with Crippen LogP contribution in [-0.2, 0) is 4.79 Å². The summed E-state index contributed by atoms with van der Waals surface area (Å²) in [4.78, 5) is 26.4. The molecule has 5 nitrogen and oxygen atoms in total. The van der Waals surface area contributed by atoms with Gasteiger partial charge in [0.05, 0.1) is 11.4 Å². The molecule has 0 spiro atoms. The van der Waals surface area contributed by atoms with Crippen molar-refractivity contribution in [2.75, 3.05) is 32.7 Å². The summed E-state index contributed by atoms with van der Waals surface area (Å²) in [5.41, 5.74) is 0.274. The zero-order valence-electron chi connectivity index (χ0n) is 11.4. The number of hydrogen-bond donors (Lipinski definition) is 1. The summed E-state index contributed by atoms with van der Waals surface area (Å²) in [5.74, 6) is -1.67. The second-order valence-electron chi connectivity index (χ2n) is 4.91. The molecule has 0 atom stereocenters. The largest absolute Gasteiger partial charge is 0.481 e. The van der Waals surface area contributed by atoms with Crippen LogP contribution in [0.25, 0.3) is 0 Å². The number of carboxylic acid groups (broad SMARTS) is 1. The molecule has 0 bridgehead atoms. The van der Waals surface area contributed by atoms with Crippen molar-refractivity contribution in [3.63, 3.8) is 0 Å². The number of carbonyl (C=O) groups is 2. The number of benzene rings is 1. The Morgan fingerprint density at radius 1 is 1.24 bits per heavy atom. The van der Waals surface area contributed by atoms with Gasteiger partial charge >= 0.3 is 5.97 Å². The Hall–Kier alpha value is -1.66. The molecule has 0 aliphatic carbocycles. The van der Waals surface area contributed by atoms with E-state index >= 15 is 0 Å². The van der Waals surface area contributed by atoms with Gasteiger partial charge in [0.1, 0.15) is 5.82 Å². The first kappa shape index (κ1) is 15.7. The molecule has 1 heterocycles. The number of nitrogens with zero attached hydrogens (tertiary/aromatic N) is 2. The van der Waals surface area contributed by atoms with Crippen LogP contribution >= 0.6 is 11.6 Å². The second kappa shape index (κ2) is 6.87. The van der Waals surface area contributed by atoms with Gasteiger partial charge in [-0.1, -0.05) is 11.6 Å². The zero-order chi connectivity index (χ0) is 15.4. The fraction of sp³-hybridized carbons (Fsp3) is 0.429. The molecule has 0 aromatic heterocycles. The van der Waals surface area contributed by atoms with Crippen molar-refractivity contribution in [3.8, 4) is 0 Å². The highest BCUT2D eigenvalue weighted by Crippen LogP contribution is 2.17. The first-order chi connectivity index (χ1) is 9.97. The number of carboxylic acids is 1. The van der Waals surface area contributed by atoms with E-state index in [9.17, 15) is 14.0 Å². The molecule has 0 saturated carbocycles. The fourth-order valence-corrected chi connectivity index (χ4v) is 2.36. The van der Waals surface area contributed by atoms with Crippen molar-refractivity contribution >= 4 is 23.5 Å². The number of rotatable bonds is 4. The number of hydrogen-bond acceptors (Lipinski definition) is 3. The summed E-state index contributed by atoms with van der Waals surface area (Å²) in [7, 11) is 0. The minimum absolute atomic E-state index is 0.00922. The van der Waals surface area contributed by atoms with E-state index in [1.54, 1.807) is 4.90 Å². The number of aliphatic carboxylic acids is 1. The van der Waals surface area contributed by atoms with E-state index in [4.69, 9.17) is 16.7 Å². The Morgan fingerprint density at radius 2 is 1.90 bits per heavy atom. The van der Waals surface area contributed by atoms with Crippen LogP contribution in [-0.4, -0.2) is 59.5 Å². The van der Waals surface area contributed by atoms with E-state index in [0.29, 0.717) is 32.7 Å². The van der Waals surface area contributed by atoms with E-state index in [0.717, 1.165) is 6.07 Å². The van der Waals surface area contributed by atoms with Gasteiger partial charge in [-0.05, 0) is 18.2 Å². The second-order valence-corrected chi connectivity index (χ2v) is 5.31. The molecule has 1 fully saturated rings. The van der Waals surface area contributed by atoms with Gasteiger partial charge in [0, 0.05) is 38.3 Å². The average molecular weight is 315 g/mol. The van der Waals surface area contributed by atoms with Gasteiger partial charge < -0.3 is 10.0 Å². The summed E-state index contributed by atoms with van der Waals surface area (Å²) in [6.07, 6.45) is 0.0936. The third-order valence-corrected chi connectivity index (χ3v) is 3.77. The molecule has 0 radical (unpaired) electrons. The molecule has 2 rings (SSSR count). The molecule has 1 aliphatic heterocycles. The van der Waals surface area contributed by atoms with Crippen LogP contribution in [0.15, 0.2) is 18.2 Å². The van der Waals surface area contributed by atoms with Crippen molar-refractivity contribution in [1.82, 2.24) is 9.80 Å². The predicted molar refractivity (Wildman–Crippen MR) is 76.0 cm³/mol. The normalized spacial score (nSPS) is 16.0.